The predicted molar refractivity (Wildman–Crippen MR) is 107 cm³/mol. The Kier molecular flexibility index (Phi) is 5.70. The first-order valence-corrected chi connectivity index (χ1v) is 10.00. The Morgan fingerprint density at radius 1 is 0.893 bits per heavy atom. The van der Waals surface area contributed by atoms with Gasteiger partial charge in [0.15, 0.2) is 0 Å². The van der Waals surface area contributed by atoms with Gasteiger partial charge in [-0.15, -0.1) is 0 Å². The quantitative estimate of drug-likeness (QED) is 0.521. The summed E-state index contributed by atoms with van der Waals surface area (Å²) < 4.78 is 40.5. The summed E-state index contributed by atoms with van der Waals surface area (Å²) in [5, 5.41) is 0. The van der Waals surface area contributed by atoms with Crippen molar-refractivity contribution in [2.75, 3.05) is 0 Å². The second-order valence-corrected chi connectivity index (χ2v) is 7.91. The summed E-state index contributed by atoms with van der Waals surface area (Å²) in [4.78, 5) is 12.8. The minimum Gasteiger partial charge on any atom is -0.268 e. The topological polar surface area (TPSA) is 63.2 Å². The maximum absolute atomic E-state index is 13.3. The number of hydrogen-bond donors (Lipinski definition) is 1. The maximum atomic E-state index is 13.3. The van der Waals surface area contributed by atoms with Gasteiger partial charge in [0.1, 0.15) is 5.82 Å². The lowest BCUT2D eigenvalue weighted by Crippen LogP contribution is -2.31. The van der Waals surface area contributed by atoms with Crippen LogP contribution in [0.2, 0.25) is 0 Å². The molecule has 0 aliphatic rings. The summed E-state index contributed by atoms with van der Waals surface area (Å²) in [6.45, 7) is 1.84. The molecular weight excluding hydrogens is 377 g/mol. The van der Waals surface area contributed by atoms with Crippen LogP contribution in [0.4, 0.5) is 4.39 Å². The van der Waals surface area contributed by atoms with Crippen LogP contribution in [-0.4, -0.2) is 14.3 Å². The molecule has 4 nitrogen and oxygen atoms in total. The highest BCUT2D eigenvalue weighted by molar-refractivity contribution is 7.90. The van der Waals surface area contributed by atoms with Crippen molar-refractivity contribution in [1.29, 1.82) is 0 Å². The van der Waals surface area contributed by atoms with Gasteiger partial charge in [0.25, 0.3) is 15.9 Å². The molecule has 0 heterocycles. The Labute approximate surface area is 163 Å². The Balaban J connectivity index is 1.98. The lowest BCUT2D eigenvalue weighted by molar-refractivity contribution is -0.113. The molecule has 0 saturated heterocycles. The van der Waals surface area contributed by atoms with Gasteiger partial charge >= 0.3 is 0 Å². The molecule has 0 spiro atoms. The van der Waals surface area contributed by atoms with Crippen LogP contribution in [0.3, 0.4) is 0 Å². The number of nitrogens with one attached hydrogen (secondary N) is 1. The minimum atomic E-state index is -4.04. The Morgan fingerprint density at radius 3 is 2.11 bits per heavy atom. The molecule has 0 fully saturated rings. The van der Waals surface area contributed by atoms with Crippen LogP contribution in [0, 0.1) is 12.7 Å². The maximum Gasteiger partial charge on any atom is 0.265 e. The number of sulfonamides is 1. The minimum absolute atomic E-state index is 0.00961. The number of amides is 1. The number of halogens is 1. The van der Waals surface area contributed by atoms with Crippen molar-refractivity contribution in [2.45, 2.75) is 11.8 Å². The fraction of sp³-hybridized carbons (Fsp3) is 0.0455. The molecule has 3 aromatic carbocycles. The van der Waals surface area contributed by atoms with E-state index in [-0.39, 0.29) is 10.5 Å². The third-order valence-corrected chi connectivity index (χ3v) is 5.42. The molecule has 0 bridgehead atoms. The number of carbonyl (C=O) groups excluding carboxylic acids is 1. The SMILES string of the molecule is Cc1ccc(S(=O)(=O)NC(=O)/C(=C/c2ccccc2)c2ccc(F)cc2)cc1. The zero-order valence-electron chi connectivity index (χ0n) is 15.1. The van der Waals surface area contributed by atoms with Crippen LogP contribution >= 0.6 is 0 Å². The van der Waals surface area contributed by atoms with Gasteiger partial charge in [-0.25, -0.2) is 17.5 Å². The van der Waals surface area contributed by atoms with Gasteiger partial charge in [0, 0.05) is 5.57 Å². The summed E-state index contributed by atoms with van der Waals surface area (Å²) in [5.74, 6) is -1.24. The number of aryl methyl sites for hydroxylation is 1. The van der Waals surface area contributed by atoms with Gasteiger partial charge in [-0.2, -0.15) is 0 Å². The summed E-state index contributed by atoms with van der Waals surface area (Å²) in [7, 11) is -4.04. The van der Waals surface area contributed by atoms with E-state index in [1.54, 1.807) is 42.5 Å². The molecule has 0 aromatic heterocycles. The first-order chi connectivity index (χ1) is 13.3. The van der Waals surface area contributed by atoms with Crippen LogP contribution in [0.15, 0.2) is 83.8 Å². The Bertz CT molecular complexity index is 1100. The second kappa shape index (κ2) is 8.19. The summed E-state index contributed by atoms with van der Waals surface area (Å²) in [6.07, 6.45) is 1.56. The molecule has 3 rings (SSSR count). The summed E-state index contributed by atoms with van der Waals surface area (Å²) in [5.41, 5.74) is 2.13. The van der Waals surface area contributed by atoms with E-state index in [2.05, 4.69) is 4.72 Å². The number of carbonyl (C=O) groups is 1. The van der Waals surface area contributed by atoms with Crippen LogP contribution in [-0.2, 0) is 14.8 Å². The van der Waals surface area contributed by atoms with Crippen LogP contribution in [0.1, 0.15) is 16.7 Å². The van der Waals surface area contributed by atoms with Crippen molar-refractivity contribution in [2.24, 2.45) is 0 Å². The third kappa shape index (κ3) is 4.72. The molecule has 0 saturated carbocycles. The van der Waals surface area contributed by atoms with Gasteiger partial charge in [-0.3, -0.25) is 4.79 Å². The van der Waals surface area contributed by atoms with Gasteiger partial charge in [-0.05, 0) is 48.4 Å². The van der Waals surface area contributed by atoms with Gasteiger partial charge in [0.05, 0.1) is 4.90 Å². The molecule has 3 aromatic rings. The van der Waals surface area contributed by atoms with E-state index in [4.69, 9.17) is 0 Å². The molecule has 0 aliphatic heterocycles. The summed E-state index contributed by atoms with van der Waals surface area (Å²) >= 11 is 0. The molecule has 28 heavy (non-hydrogen) atoms. The highest BCUT2D eigenvalue weighted by Gasteiger charge is 2.21. The van der Waals surface area contributed by atoms with Crippen molar-refractivity contribution in [3.63, 3.8) is 0 Å². The summed E-state index contributed by atoms with van der Waals surface area (Å²) in [6, 6.07) is 20.5. The van der Waals surface area contributed by atoms with E-state index < -0.39 is 21.7 Å². The van der Waals surface area contributed by atoms with E-state index in [1.165, 1.54) is 36.4 Å². The molecule has 1 N–H and O–H groups in total. The highest BCUT2D eigenvalue weighted by atomic mass is 32.2. The Morgan fingerprint density at radius 2 is 1.50 bits per heavy atom. The highest BCUT2D eigenvalue weighted by Crippen LogP contribution is 2.20. The lowest BCUT2D eigenvalue weighted by Gasteiger charge is -2.11. The average molecular weight is 395 g/mol. The van der Waals surface area contributed by atoms with E-state index in [0.717, 1.165) is 5.56 Å². The average Bonchev–Trinajstić information content (AvgIpc) is 2.68. The van der Waals surface area contributed by atoms with Crippen molar-refractivity contribution in [3.8, 4) is 0 Å². The van der Waals surface area contributed by atoms with E-state index in [0.29, 0.717) is 11.1 Å². The molecule has 6 heteroatoms. The monoisotopic (exact) mass is 395 g/mol. The first kappa shape index (κ1) is 19.5. The normalized spacial score (nSPS) is 11.9. The first-order valence-electron chi connectivity index (χ1n) is 8.52. The van der Waals surface area contributed by atoms with Gasteiger partial charge in [-0.1, -0.05) is 60.2 Å². The predicted octanol–water partition coefficient (Wildman–Crippen LogP) is 4.18. The zero-order chi connectivity index (χ0) is 20.1. The number of hydrogen-bond acceptors (Lipinski definition) is 3. The fourth-order valence-electron chi connectivity index (χ4n) is 2.58. The van der Waals surface area contributed by atoms with E-state index in [1.807, 2.05) is 13.0 Å². The fourth-order valence-corrected chi connectivity index (χ4v) is 3.54. The molecular formula is C22H18FNO3S. The van der Waals surface area contributed by atoms with Gasteiger partial charge < -0.3 is 0 Å². The molecule has 1 amide bonds. The van der Waals surface area contributed by atoms with Crippen LogP contribution < -0.4 is 4.72 Å². The third-order valence-electron chi connectivity index (χ3n) is 4.07. The molecule has 0 atom stereocenters. The molecule has 0 aliphatic carbocycles. The van der Waals surface area contributed by atoms with Crippen molar-refractivity contribution in [1.82, 2.24) is 4.72 Å². The molecule has 0 radical (unpaired) electrons. The van der Waals surface area contributed by atoms with Crippen LogP contribution in [0.25, 0.3) is 11.6 Å². The number of rotatable bonds is 5. The Hall–Kier alpha value is -3.25. The van der Waals surface area contributed by atoms with Crippen molar-refractivity contribution >= 4 is 27.6 Å². The van der Waals surface area contributed by atoms with Crippen molar-refractivity contribution < 1.29 is 17.6 Å². The zero-order valence-corrected chi connectivity index (χ0v) is 15.9. The lowest BCUT2D eigenvalue weighted by atomic mass is 10.0. The standard InChI is InChI=1S/C22H18FNO3S/c1-16-7-13-20(14-8-16)28(26,27)24-22(25)21(15-17-5-3-2-4-6-17)18-9-11-19(23)12-10-18/h2-15H,1H3,(H,24,25)/b21-15+. The largest absolute Gasteiger partial charge is 0.268 e. The molecule has 0 unspecified atom stereocenters. The second-order valence-electron chi connectivity index (χ2n) is 6.22. The molecule has 142 valence electrons. The van der Waals surface area contributed by atoms with E-state index >= 15 is 0 Å². The van der Waals surface area contributed by atoms with Gasteiger partial charge in [0.2, 0.25) is 0 Å². The van der Waals surface area contributed by atoms with Crippen LogP contribution in [0.5, 0.6) is 0 Å². The van der Waals surface area contributed by atoms with Crippen molar-refractivity contribution in [3.05, 3.63) is 101 Å². The van der Waals surface area contributed by atoms with E-state index in [9.17, 15) is 17.6 Å². The smallest absolute Gasteiger partial charge is 0.265 e. The number of benzene rings is 3.